The van der Waals surface area contributed by atoms with Crippen LogP contribution in [-0.2, 0) is 19.2 Å². The van der Waals surface area contributed by atoms with Crippen molar-refractivity contribution in [1.29, 1.82) is 0 Å². The van der Waals surface area contributed by atoms with E-state index >= 15 is 0 Å². The number of thioether (sulfide) groups is 2. The minimum atomic E-state index is -1.14. The lowest BCUT2D eigenvalue weighted by Crippen LogP contribution is -2.46. The number of hydrogen-bond acceptors (Lipinski definition) is 14. The lowest BCUT2D eigenvalue weighted by atomic mass is 10.1. The van der Waals surface area contributed by atoms with Gasteiger partial charge < -0.3 is 29.9 Å². The topological polar surface area (TPSA) is 224 Å². The van der Waals surface area contributed by atoms with Crippen molar-refractivity contribution in [3.05, 3.63) is 83.9 Å². The van der Waals surface area contributed by atoms with Gasteiger partial charge in [-0.2, -0.15) is 0 Å². The minimum absolute atomic E-state index is 0.0429. The molecule has 0 aliphatic carbocycles. The van der Waals surface area contributed by atoms with Crippen LogP contribution >= 0.6 is 23.5 Å². The summed E-state index contributed by atoms with van der Waals surface area (Å²) in [6.45, 7) is 3.49. The third-order valence-electron chi connectivity index (χ3n) is 9.06. The number of aromatic hydroxyl groups is 2. The Morgan fingerprint density at radius 1 is 0.732 bits per heavy atom. The van der Waals surface area contributed by atoms with E-state index in [1.165, 1.54) is 36.4 Å². The highest BCUT2D eigenvalue weighted by atomic mass is 32.2. The number of benzene rings is 3. The fraction of sp³-hybridized carbons (Fsp3) is 0.263. The van der Waals surface area contributed by atoms with Gasteiger partial charge in [-0.15, -0.1) is 33.7 Å². The number of carbonyl (C=O) groups excluding carboxylic acids is 2. The third-order valence-corrected chi connectivity index (χ3v) is 12.0. The zero-order valence-electron chi connectivity index (χ0n) is 30.5. The number of rotatable bonds is 14. The number of aromatic nitrogens is 2. The molecule has 0 spiro atoms. The molecule has 18 heteroatoms. The lowest BCUT2D eigenvalue weighted by Gasteiger charge is -2.33. The van der Waals surface area contributed by atoms with Crippen molar-refractivity contribution < 1.29 is 49.1 Å². The molecule has 3 aromatic carbocycles. The lowest BCUT2D eigenvalue weighted by molar-refractivity contribution is -0.140. The van der Waals surface area contributed by atoms with Crippen LogP contribution in [0.1, 0.15) is 37.8 Å². The van der Waals surface area contributed by atoms with Crippen LogP contribution in [0, 0.1) is 0 Å². The summed E-state index contributed by atoms with van der Waals surface area (Å²) in [6.07, 6.45) is 6.06. The fourth-order valence-electron chi connectivity index (χ4n) is 6.22. The van der Waals surface area contributed by atoms with Crippen molar-refractivity contribution in [1.82, 2.24) is 20.2 Å². The Hall–Kier alpha value is -6.14. The number of methoxy groups -OCH3 is 2. The van der Waals surface area contributed by atoms with Gasteiger partial charge in [0.05, 0.1) is 37.6 Å². The second-order valence-electron chi connectivity index (χ2n) is 13.1. The standard InChI is InChI=1S/C38H38N6O10S2/c1-37(15-13-21-9-11-25(45)27(17-21)53-3)43(35(51)29(55-37)19-31(47)48)41-33-23-7-5-6-8-24(23)34(40-39-33)42-44-36(52)30(20-32(49)50)56-38(44,2)16-14-22-10-12-26(46)28(18-22)54-4/h5-18,29-30,45-46H,19-20H2,1-4H3,(H,39,41)(H,40,42)(H,47,48)(H,49,50)/b15-13+,16-14+. The smallest absolute Gasteiger partial charge is 0.305 e. The first kappa shape index (κ1) is 39.6. The van der Waals surface area contributed by atoms with Crippen LogP contribution in [0.3, 0.4) is 0 Å². The number of nitrogens with one attached hydrogen (secondary N) is 2. The normalized spacial score (nSPS) is 22.4. The number of hydrogen-bond donors (Lipinski definition) is 6. The number of carboxylic acid groups (broad SMARTS) is 2. The largest absolute Gasteiger partial charge is 0.504 e. The maximum absolute atomic E-state index is 13.8. The van der Waals surface area contributed by atoms with E-state index in [2.05, 4.69) is 21.0 Å². The van der Waals surface area contributed by atoms with Crippen molar-refractivity contribution in [2.24, 2.45) is 0 Å². The molecule has 6 N–H and O–H groups in total. The Kier molecular flexibility index (Phi) is 11.2. The predicted octanol–water partition coefficient (Wildman–Crippen LogP) is 5.41. The molecule has 2 amide bonds. The summed E-state index contributed by atoms with van der Waals surface area (Å²) in [5.41, 5.74) is 7.48. The Labute approximate surface area is 329 Å². The number of anilines is 2. The van der Waals surface area contributed by atoms with Gasteiger partial charge >= 0.3 is 11.9 Å². The monoisotopic (exact) mass is 802 g/mol. The molecule has 4 atom stereocenters. The van der Waals surface area contributed by atoms with Crippen LogP contribution in [0.15, 0.2) is 72.8 Å². The summed E-state index contributed by atoms with van der Waals surface area (Å²) in [7, 11) is 2.85. The highest BCUT2D eigenvalue weighted by Gasteiger charge is 2.50. The number of phenolic OH excluding ortho intramolecular Hbond substituents is 2. The van der Waals surface area contributed by atoms with Crippen molar-refractivity contribution in [2.75, 3.05) is 25.1 Å². The summed E-state index contributed by atoms with van der Waals surface area (Å²) in [4.78, 5) is 48.8. The SMILES string of the molecule is COc1cc(/C=C/C2(C)SC(CC(=O)O)C(=O)N2Nc2nnc(NN3C(=O)C(CC(=O)O)SC3(C)/C=C/c3ccc(O)c(OC)c3)c3ccccc23)ccc1O. The van der Waals surface area contributed by atoms with Gasteiger partial charge in [-0.3, -0.25) is 30.0 Å². The van der Waals surface area contributed by atoms with Crippen LogP contribution in [-0.4, -0.2) is 98.9 Å². The van der Waals surface area contributed by atoms with Gasteiger partial charge in [0.2, 0.25) is 0 Å². The van der Waals surface area contributed by atoms with Crippen molar-refractivity contribution in [3.8, 4) is 23.0 Å². The van der Waals surface area contributed by atoms with Crippen LogP contribution < -0.4 is 20.3 Å². The molecule has 292 valence electrons. The van der Waals surface area contributed by atoms with E-state index < -0.39 is 56.8 Å². The summed E-state index contributed by atoms with van der Waals surface area (Å²) in [5.74, 6) is -2.54. The Morgan fingerprint density at radius 2 is 1.12 bits per heavy atom. The molecule has 3 heterocycles. The Bertz CT molecular complexity index is 2120. The number of phenols is 2. The van der Waals surface area contributed by atoms with E-state index in [1.54, 1.807) is 86.7 Å². The number of ether oxygens (including phenoxy) is 2. The summed E-state index contributed by atoms with van der Waals surface area (Å²) in [5, 5.41) is 49.8. The molecule has 2 fully saturated rings. The maximum Gasteiger partial charge on any atom is 0.305 e. The van der Waals surface area contributed by atoms with Crippen LogP contribution in [0.25, 0.3) is 22.9 Å². The van der Waals surface area contributed by atoms with Gasteiger partial charge in [-0.1, -0.05) is 48.6 Å². The molecule has 0 radical (unpaired) electrons. The maximum atomic E-state index is 13.8. The molecule has 2 saturated heterocycles. The minimum Gasteiger partial charge on any atom is -0.504 e. The fourth-order valence-corrected chi connectivity index (χ4v) is 9.01. The molecule has 16 nitrogen and oxygen atoms in total. The number of nitrogens with zero attached hydrogens (tertiary/aromatic N) is 4. The molecule has 4 unspecified atom stereocenters. The summed E-state index contributed by atoms with van der Waals surface area (Å²) < 4.78 is 10.4. The molecule has 4 aromatic rings. The van der Waals surface area contributed by atoms with E-state index in [1.807, 2.05) is 0 Å². The van der Waals surface area contributed by atoms with E-state index in [0.29, 0.717) is 21.9 Å². The van der Waals surface area contributed by atoms with E-state index in [9.17, 15) is 39.6 Å². The van der Waals surface area contributed by atoms with Gasteiger partial charge in [0.25, 0.3) is 11.8 Å². The van der Waals surface area contributed by atoms with Crippen molar-refractivity contribution in [3.63, 3.8) is 0 Å². The molecular formula is C38H38N6O10S2. The molecule has 56 heavy (non-hydrogen) atoms. The molecule has 2 aliphatic heterocycles. The van der Waals surface area contributed by atoms with Crippen molar-refractivity contribution in [2.45, 2.75) is 46.9 Å². The number of fused-ring (bicyclic) bond motifs is 1. The molecule has 6 rings (SSSR count). The first-order valence-electron chi connectivity index (χ1n) is 17.0. The predicted molar refractivity (Wildman–Crippen MR) is 212 cm³/mol. The van der Waals surface area contributed by atoms with Gasteiger partial charge in [-0.25, -0.2) is 10.0 Å². The molecule has 2 aliphatic rings. The average molecular weight is 803 g/mol. The van der Waals surface area contributed by atoms with Crippen molar-refractivity contribution >= 4 is 81.8 Å². The molecule has 0 bridgehead atoms. The number of amides is 2. The second kappa shape index (κ2) is 15.9. The third kappa shape index (κ3) is 8.11. The van der Waals surface area contributed by atoms with E-state index in [0.717, 1.165) is 23.5 Å². The van der Waals surface area contributed by atoms with E-state index in [-0.39, 0.29) is 34.6 Å². The zero-order valence-corrected chi connectivity index (χ0v) is 32.1. The number of carboxylic acids is 2. The van der Waals surface area contributed by atoms with E-state index in [4.69, 9.17) is 9.47 Å². The van der Waals surface area contributed by atoms with Gasteiger partial charge in [0.1, 0.15) is 9.74 Å². The molecular weight excluding hydrogens is 765 g/mol. The Balaban J connectivity index is 1.34. The number of hydrazine groups is 2. The highest BCUT2D eigenvalue weighted by molar-refractivity contribution is 8.02. The quantitative estimate of drug-likeness (QED) is 0.0938. The average Bonchev–Trinajstić information content (AvgIpc) is 3.53. The van der Waals surface area contributed by atoms with Crippen LogP contribution in [0.2, 0.25) is 0 Å². The van der Waals surface area contributed by atoms with Crippen LogP contribution in [0.4, 0.5) is 11.6 Å². The zero-order chi connectivity index (χ0) is 40.4. The highest BCUT2D eigenvalue weighted by Crippen LogP contribution is 2.46. The molecule has 0 saturated carbocycles. The van der Waals surface area contributed by atoms with Gasteiger partial charge in [-0.05, 0) is 61.4 Å². The van der Waals surface area contributed by atoms with Gasteiger partial charge in [0.15, 0.2) is 34.6 Å². The Morgan fingerprint density at radius 3 is 1.48 bits per heavy atom. The summed E-state index contributed by atoms with van der Waals surface area (Å²) in [6, 6.07) is 16.5. The van der Waals surface area contributed by atoms with Gasteiger partial charge in [0, 0.05) is 10.8 Å². The second-order valence-corrected chi connectivity index (χ2v) is 16.3. The first-order valence-corrected chi connectivity index (χ1v) is 18.8. The molecule has 1 aromatic heterocycles. The number of aliphatic carboxylic acids is 2. The summed E-state index contributed by atoms with van der Waals surface area (Å²) >= 11 is 2.28. The van der Waals surface area contributed by atoms with Crippen LogP contribution in [0.5, 0.6) is 23.0 Å². The first-order chi connectivity index (χ1) is 26.6. The number of carbonyl (C=O) groups is 4.